The number of likely N-dealkylation sites (tertiary alicyclic amines) is 1. The molecule has 2 atom stereocenters. The van der Waals surface area contributed by atoms with E-state index in [1.54, 1.807) is 6.92 Å². The highest BCUT2D eigenvalue weighted by molar-refractivity contribution is 5.98. The molecule has 27 heavy (non-hydrogen) atoms. The summed E-state index contributed by atoms with van der Waals surface area (Å²) in [6, 6.07) is 5.12. The Bertz CT molecular complexity index is 757. The maximum absolute atomic E-state index is 13.5. The summed E-state index contributed by atoms with van der Waals surface area (Å²) in [6.45, 7) is 4.79. The summed E-state index contributed by atoms with van der Waals surface area (Å²) in [4.78, 5) is 38.2. The molecule has 1 aromatic carbocycles. The summed E-state index contributed by atoms with van der Waals surface area (Å²) in [5.74, 6) is -4.47. The normalized spacial score (nSPS) is 28.4. The Morgan fingerprint density at radius 3 is 2.22 bits per heavy atom. The molecule has 2 fully saturated rings. The van der Waals surface area contributed by atoms with Gasteiger partial charge in [0.05, 0.1) is 0 Å². The van der Waals surface area contributed by atoms with Gasteiger partial charge in [-0.3, -0.25) is 9.59 Å². The molecule has 0 bridgehead atoms. The van der Waals surface area contributed by atoms with Crippen molar-refractivity contribution in [3.63, 3.8) is 0 Å². The predicted molar refractivity (Wildman–Crippen MR) is 91.3 cm³/mol. The Morgan fingerprint density at radius 2 is 1.74 bits per heavy atom. The molecule has 0 saturated carbocycles. The van der Waals surface area contributed by atoms with Crippen molar-refractivity contribution in [3.05, 3.63) is 35.6 Å². The number of hydrogen-bond acceptors (Lipinski definition) is 5. The van der Waals surface area contributed by atoms with E-state index >= 15 is 0 Å². The summed E-state index contributed by atoms with van der Waals surface area (Å²) in [7, 11) is 0. The first-order valence-electron chi connectivity index (χ1n) is 8.77. The van der Waals surface area contributed by atoms with Crippen LogP contribution in [0, 0.1) is 11.7 Å². The van der Waals surface area contributed by atoms with Gasteiger partial charge in [-0.2, -0.15) is 0 Å². The number of carboxylic acid groups (broad SMARTS) is 1. The molecule has 2 unspecified atom stereocenters. The molecular weight excluding hydrogens is 357 g/mol. The van der Waals surface area contributed by atoms with E-state index in [4.69, 9.17) is 9.47 Å². The second-order valence-electron chi connectivity index (χ2n) is 7.62. The monoisotopic (exact) mass is 379 g/mol. The van der Waals surface area contributed by atoms with E-state index in [1.807, 2.05) is 0 Å². The molecule has 1 aromatic rings. The smallest absolute Gasteiger partial charge is 0.407 e. The Kier molecular flexibility index (Phi) is 4.61. The standard InChI is InChI=1S/C19H22FNO6/c1-11-10-19(8-9-21(11)17(24)25,12-4-6-13(20)7-5-12)14-15(22)26-18(2,3)27-16(14)23/h4-7,11,14H,8-10H2,1-3H3,(H,24,25). The number of cyclic esters (lactones) is 2. The van der Waals surface area contributed by atoms with Gasteiger partial charge in [0.25, 0.3) is 5.79 Å². The van der Waals surface area contributed by atoms with Gasteiger partial charge in [0.1, 0.15) is 5.82 Å². The van der Waals surface area contributed by atoms with Crippen molar-refractivity contribution in [2.24, 2.45) is 5.92 Å². The number of piperidine rings is 1. The Morgan fingerprint density at radius 1 is 1.19 bits per heavy atom. The lowest BCUT2D eigenvalue weighted by atomic mass is 9.62. The van der Waals surface area contributed by atoms with Gasteiger partial charge in [0, 0.05) is 31.8 Å². The van der Waals surface area contributed by atoms with Crippen LogP contribution in [0.15, 0.2) is 24.3 Å². The van der Waals surface area contributed by atoms with Crippen molar-refractivity contribution in [3.8, 4) is 0 Å². The maximum Gasteiger partial charge on any atom is 0.407 e. The van der Waals surface area contributed by atoms with Crippen molar-refractivity contribution in [2.75, 3.05) is 6.54 Å². The molecule has 2 aliphatic heterocycles. The lowest BCUT2D eigenvalue weighted by molar-refractivity contribution is -0.244. The molecule has 2 saturated heterocycles. The first kappa shape index (κ1) is 19.1. The van der Waals surface area contributed by atoms with Crippen LogP contribution in [0.4, 0.5) is 9.18 Å². The molecule has 146 valence electrons. The first-order valence-corrected chi connectivity index (χ1v) is 8.77. The van der Waals surface area contributed by atoms with Gasteiger partial charge < -0.3 is 19.5 Å². The molecule has 3 rings (SSSR count). The molecule has 0 aromatic heterocycles. The van der Waals surface area contributed by atoms with Crippen LogP contribution < -0.4 is 0 Å². The quantitative estimate of drug-likeness (QED) is 0.627. The zero-order chi connectivity index (χ0) is 20.0. The van der Waals surface area contributed by atoms with Crippen molar-refractivity contribution in [1.29, 1.82) is 0 Å². The van der Waals surface area contributed by atoms with E-state index in [-0.39, 0.29) is 19.4 Å². The van der Waals surface area contributed by atoms with E-state index in [1.165, 1.54) is 43.0 Å². The number of nitrogens with zero attached hydrogens (tertiary/aromatic N) is 1. The van der Waals surface area contributed by atoms with E-state index in [2.05, 4.69) is 0 Å². The number of esters is 2. The second kappa shape index (κ2) is 6.51. The molecule has 0 aliphatic carbocycles. The Balaban J connectivity index is 2.06. The van der Waals surface area contributed by atoms with Crippen molar-refractivity contribution >= 4 is 18.0 Å². The minimum absolute atomic E-state index is 0.133. The van der Waals surface area contributed by atoms with Gasteiger partial charge in [-0.15, -0.1) is 0 Å². The average molecular weight is 379 g/mol. The van der Waals surface area contributed by atoms with E-state index in [9.17, 15) is 23.9 Å². The van der Waals surface area contributed by atoms with Crippen LogP contribution in [-0.4, -0.2) is 46.4 Å². The van der Waals surface area contributed by atoms with Gasteiger partial charge in [0.15, 0.2) is 5.92 Å². The van der Waals surface area contributed by atoms with Crippen molar-refractivity contribution in [1.82, 2.24) is 4.90 Å². The fourth-order valence-electron chi connectivity index (χ4n) is 4.21. The number of rotatable bonds is 2. The Labute approximate surface area is 156 Å². The summed E-state index contributed by atoms with van der Waals surface area (Å²) >= 11 is 0. The third-order valence-corrected chi connectivity index (χ3v) is 5.37. The average Bonchev–Trinajstić information content (AvgIpc) is 2.53. The third-order valence-electron chi connectivity index (χ3n) is 5.37. The van der Waals surface area contributed by atoms with E-state index in [0.29, 0.717) is 5.56 Å². The SMILES string of the molecule is CC1CC(c2ccc(F)cc2)(C2C(=O)OC(C)(C)OC2=O)CCN1C(=O)O. The summed E-state index contributed by atoms with van der Waals surface area (Å²) in [5, 5.41) is 9.36. The number of carbonyl (C=O) groups excluding carboxylic acids is 2. The zero-order valence-corrected chi connectivity index (χ0v) is 15.4. The largest absolute Gasteiger partial charge is 0.465 e. The molecule has 0 spiro atoms. The van der Waals surface area contributed by atoms with Gasteiger partial charge in [-0.05, 0) is 37.5 Å². The third kappa shape index (κ3) is 3.36. The molecule has 1 amide bonds. The van der Waals surface area contributed by atoms with E-state index < -0.39 is 47.0 Å². The number of benzene rings is 1. The molecule has 2 aliphatic rings. The van der Waals surface area contributed by atoms with Crippen LogP contribution in [0.5, 0.6) is 0 Å². The van der Waals surface area contributed by atoms with Gasteiger partial charge >= 0.3 is 18.0 Å². The number of halogens is 1. The van der Waals surface area contributed by atoms with Crippen LogP contribution in [0.3, 0.4) is 0 Å². The highest BCUT2D eigenvalue weighted by Crippen LogP contribution is 2.47. The minimum Gasteiger partial charge on any atom is -0.465 e. The molecule has 2 heterocycles. The maximum atomic E-state index is 13.5. The van der Waals surface area contributed by atoms with Crippen LogP contribution >= 0.6 is 0 Å². The molecular formula is C19H22FNO6. The number of amides is 1. The number of carbonyl (C=O) groups is 3. The minimum atomic E-state index is -1.36. The van der Waals surface area contributed by atoms with Crippen molar-refractivity contribution < 1.29 is 33.4 Å². The molecule has 0 radical (unpaired) electrons. The van der Waals surface area contributed by atoms with Crippen LogP contribution in [0.1, 0.15) is 39.2 Å². The van der Waals surface area contributed by atoms with Gasteiger partial charge in [-0.1, -0.05) is 12.1 Å². The topological polar surface area (TPSA) is 93.1 Å². The zero-order valence-electron chi connectivity index (χ0n) is 15.4. The number of hydrogen-bond donors (Lipinski definition) is 1. The lowest BCUT2D eigenvalue weighted by Crippen LogP contribution is -2.59. The molecule has 7 nitrogen and oxygen atoms in total. The van der Waals surface area contributed by atoms with Gasteiger partial charge in [-0.25, -0.2) is 9.18 Å². The fraction of sp³-hybridized carbons (Fsp3) is 0.526. The summed E-state index contributed by atoms with van der Waals surface area (Å²) < 4.78 is 24.1. The predicted octanol–water partition coefficient (Wildman–Crippen LogP) is 2.68. The van der Waals surface area contributed by atoms with Crippen molar-refractivity contribution in [2.45, 2.75) is 50.9 Å². The summed E-state index contributed by atoms with van der Waals surface area (Å²) in [5.41, 5.74) is -0.455. The lowest BCUT2D eigenvalue weighted by Gasteiger charge is -2.49. The van der Waals surface area contributed by atoms with Gasteiger partial charge in [0.2, 0.25) is 0 Å². The molecule has 1 N–H and O–H groups in total. The molecule has 8 heteroatoms. The summed E-state index contributed by atoms with van der Waals surface area (Å²) in [6.07, 6.45) is -0.643. The second-order valence-corrected chi connectivity index (χ2v) is 7.62. The highest BCUT2D eigenvalue weighted by atomic mass is 19.1. The first-order chi connectivity index (χ1) is 12.6. The fourth-order valence-corrected chi connectivity index (χ4v) is 4.21. The van der Waals surface area contributed by atoms with E-state index in [0.717, 1.165) is 0 Å². The van der Waals surface area contributed by atoms with Crippen LogP contribution in [0.2, 0.25) is 0 Å². The Hall–Kier alpha value is -2.64. The van der Waals surface area contributed by atoms with Crippen LogP contribution in [-0.2, 0) is 24.5 Å². The van der Waals surface area contributed by atoms with Crippen LogP contribution in [0.25, 0.3) is 0 Å². The number of ether oxygens (including phenoxy) is 2. The highest BCUT2D eigenvalue weighted by Gasteiger charge is 2.57.